The standard InChI is InChI=1S/C18H20F3NO4/c19-18(20,21)10-26-13-5-1-3-11(7-13)8-15(23)22-9-12-4-2-6-14(12)16(22)17(24)25/h1,3,5,7,12,14,16H,2,4,6,8-10H2,(H,24,25). The van der Waals surface area contributed by atoms with E-state index < -0.39 is 24.8 Å². The lowest BCUT2D eigenvalue weighted by atomic mass is 9.94. The summed E-state index contributed by atoms with van der Waals surface area (Å²) in [5, 5.41) is 9.52. The number of amides is 1. The molecule has 1 aliphatic heterocycles. The van der Waals surface area contributed by atoms with Gasteiger partial charge in [0.1, 0.15) is 11.8 Å². The van der Waals surface area contributed by atoms with Crippen LogP contribution in [-0.2, 0) is 16.0 Å². The number of aliphatic carboxylic acids is 1. The minimum absolute atomic E-state index is 0.00194. The molecule has 1 aliphatic carbocycles. The maximum Gasteiger partial charge on any atom is 0.422 e. The maximum absolute atomic E-state index is 12.6. The molecule has 0 bridgehead atoms. The van der Waals surface area contributed by atoms with Gasteiger partial charge in [0.25, 0.3) is 0 Å². The van der Waals surface area contributed by atoms with E-state index in [1.165, 1.54) is 23.1 Å². The summed E-state index contributed by atoms with van der Waals surface area (Å²) in [6.45, 7) is -0.967. The Kier molecular flexibility index (Phi) is 5.11. The summed E-state index contributed by atoms with van der Waals surface area (Å²) in [5.74, 6) is -1.06. The average Bonchev–Trinajstić information content (AvgIpc) is 3.12. The van der Waals surface area contributed by atoms with E-state index in [9.17, 15) is 27.9 Å². The number of nitrogens with zero attached hydrogens (tertiary/aromatic N) is 1. The minimum Gasteiger partial charge on any atom is -0.484 e. The van der Waals surface area contributed by atoms with Crippen molar-refractivity contribution in [2.75, 3.05) is 13.2 Å². The first-order valence-electron chi connectivity index (χ1n) is 8.55. The third-order valence-corrected chi connectivity index (χ3v) is 5.12. The van der Waals surface area contributed by atoms with Gasteiger partial charge in [0.05, 0.1) is 6.42 Å². The van der Waals surface area contributed by atoms with E-state index in [0.29, 0.717) is 12.1 Å². The van der Waals surface area contributed by atoms with E-state index in [2.05, 4.69) is 0 Å². The van der Waals surface area contributed by atoms with Crippen molar-refractivity contribution in [3.05, 3.63) is 29.8 Å². The molecule has 1 aromatic carbocycles. The first-order valence-corrected chi connectivity index (χ1v) is 8.55. The Morgan fingerprint density at radius 1 is 1.27 bits per heavy atom. The van der Waals surface area contributed by atoms with Crippen molar-refractivity contribution < 1.29 is 32.6 Å². The van der Waals surface area contributed by atoms with Gasteiger partial charge in [0, 0.05) is 6.54 Å². The molecule has 5 nitrogen and oxygen atoms in total. The molecule has 1 N–H and O–H groups in total. The Bertz CT molecular complexity index is 691. The molecule has 1 saturated heterocycles. The molecule has 26 heavy (non-hydrogen) atoms. The molecule has 8 heteroatoms. The van der Waals surface area contributed by atoms with Crippen molar-refractivity contribution >= 4 is 11.9 Å². The number of carbonyl (C=O) groups excluding carboxylic acids is 1. The molecule has 3 atom stereocenters. The van der Waals surface area contributed by atoms with E-state index >= 15 is 0 Å². The lowest BCUT2D eigenvalue weighted by Gasteiger charge is -2.24. The van der Waals surface area contributed by atoms with Crippen LogP contribution in [0.5, 0.6) is 5.75 Å². The minimum atomic E-state index is -4.44. The highest BCUT2D eigenvalue weighted by Gasteiger charge is 2.49. The van der Waals surface area contributed by atoms with Gasteiger partial charge >= 0.3 is 12.1 Å². The average molecular weight is 371 g/mol. The molecule has 142 valence electrons. The first-order chi connectivity index (χ1) is 12.2. The van der Waals surface area contributed by atoms with Crippen molar-refractivity contribution in [1.82, 2.24) is 4.90 Å². The third kappa shape index (κ3) is 4.11. The Morgan fingerprint density at radius 2 is 2.04 bits per heavy atom. The Hall–Kier alpha value is -2.25. The van der Waals surface area contributed by atoms with Gasteiger partial charge in [0.15, 0.2) is 6.61 Å². The van der Waals surface area contributed by atoms with E-state index in [1.807, 2.05) is 0 Å². The summed E-state index contributed by atoms with van der Waals surface area (Å²) in [6, 6.07) is 5.10. The van der Waals surface area contributed by atoms with Crippen molar-refractivity contribution in [2.24, 2.45) is 11.8 Å². The fourth-order valence-electron chi connectivity index (χ4n) is 4.07. The van der Waals surface area contributed by atoms with E-state index in [1.54, 1.807) is 6.07 Å². The van der Waals surface area contributed by atoms with Gasteiger partial charge in [0.2, 0.25) is 5.91 Å². The smallest absolute Gasteiger partial charge is 0.422 e. The van der Waals surface area contributed by atoms with E-state index in [-0.39, 0.29) is 29.9 Å². The van der Waals surface area contributed by atoms with Crippen LogP contribution in [-0.4, -0.2) is 47.3 Å². The quantitative estimate of drug-likeness (QED) is 0.864. The zero-order chi connectivity index (χ0) is 18.9. The van der Waals surface area contributed by atoms with Crippen molar-refractivity contribution in [3.63, 3.8) is 0 Å². The van der Waals surface area contributed by atoms with Crippen LogP contribution >= 0.6 is 0 Å². The molecule has 3 unspecified atom stereocenters. The van der Waals surface area contributed by atoms with Crippen molar-refractivity contribution in [1.29, 1.82) is 0 Å². The Morgan fingerprint density at radius 3 is 2.73 bits per heavy atom. The zero-order valence-electron chi connectivity index (χ0n) is 14.0. The number of likely N-dealkylation sites (tertiary alicyclic amines) is 1. The highest BCUT2D eigenvalue weighted by atomic mass is 19.4. The molecule has 1 amide bonds. The number of ether oxygens (including phenoxy) is 1. The largest absolute Gasteiger partial charge is 0.484 e. The number of carboxylic acid groups (broad SMARTS) is 1. The fourth-order valence-corrected chi connectivity index (χ4v) is 4.07. The predicted molar refractivity (Wildman–Crippen MR) is 85.7 cm³/mol. The number of carbonyl (C=O) groups is 2. The summed E-state index contributed by atoms with van der Waals surface area (Å²) in [4.78, 5) is 25.7. The number of alkyl halides is 3. The molecule has 1 saturated carbocycles. The monoisotopic (exact) mass is 371 g/mol. The summed E-state index contributed by atoms with van der Waals surface area (Å²) in [5.41, 5.74) is 0.496. The molecule has 0 spiro atoms. The first kappa shape index (κ1) is 18.5. The SMILES string of the molecule is O=C(O)C1C2CCCC2CN1C(=O)Cc1cccc(OCC(F)(F)F)c1. The topological polar surface area (TPSA) is 66.8 Å². The third-order valence-electron chi connectivity index (χ3n) is 5.12. The number of benzene rings is 1. The lowest BCUT2D eigenvalue weighted by Crippen LogP contribution is -2.43. The molecule has 1 heterocycles. The highest BCUT2D eigenvalue weighted by Crippen LogP contribution is 2.42. The van der Waals surface area contributed by atoms with Crippen molar-refractivity contribution in [2.45, 2.75) is 37.9 Å². The van der Waals surface area contributed by atoms with Crippen LogP contribution in [0.25, 0.3) is 0 Å². The predicted octanol–water partition coefficient (Wildman–Crippen LogP) is 2.88. The number of hydrogen-bond donors (Lipinski definition) is 1. The normalized spacial score (nSPS) is 25.2. The van der Waals surface area contributed by atoms with E-state index in [0.717, 1.165) is 19.3 Å². The lowest BCUT2D eigenvalue weighted by molar-refractivity contribution is -0.153. The summed E-state index contributed by atoms with van der Waals surface area (Å²) in [7, 11) is 0. The molecule has 0 radical (unpaired) electrons. The van der Waals surface area contributed by atoms with Gasteiger partial charge in [-0.1, -0.05) is 18.6 Å². The van der Waals surface area contributed by atoms with Gasteiger partial charge in [-0.2, -0.15) is 13.2 Å². The van der Waals surface area contributed by atoms with Crippen LogP contribution in [0.2, 0.25) is 0 Å². The summed E-state index contributed by atoms with van der Waals surface area (Å²) in [6.07, 6.45) is -1.77. The van der Waals surface area contributed by atoms with Crippen LogP contribution < -0.4 is 4.74 Å². The van der Waals surface area contributed by atoms with Gasteiger partial charge in [-0.05, 0) is 42.4 Å². The second-order valence-corrected chi connectivity index (χ2v) is 6.91. The molecule has 2 fully saturated rings. The zero-order valence-corrected chi connectivity index (χ0v) is 14.0. The van der Waals surface area contributed by atoms with Crippen LogP contribution in [0.3, 0.4) is 0 Å². The molecule has 1 aromatic rings. The molecule has 3 rings (SSSR count). The highest BCUT2D eigenvalue weighted by molar-refractivity contribution is 5.86. The number of carboxylic acids is 1. The van der Waals surface area contributed by atoms with Gasteiger partial charge in [-0.25, -0.2) is 4.79 Å². The number of hydrogen-bond acceptors (Lipinski definition) is 3. The summed E-state index contributed by atoms with van der Waals surface area (Å²) < 4.78 is 41.4. The van der Waals surface area contributed by atoms with Gasteiger partial charge in [-0.3, -0.25) is 4.79 Å². The van der Waals surface area contributed by atoms with Crippen molar-refractivity contribution in [3.8, 4) is 5.75 Å². The fraction of sp³-hybridized carbons (Fsp3) is 0.556. The van der Waals surface area contributed by atoms with Crippen LogP contribution in [0.4, 0.5) is 13.2 Å². The van der Waals surface area contributed by atoms with Gasteiger partial charge in [-0.15, -0.1) is 0 Å². The van der Waals surface area contributed by atoms with E-state index in [4.69, 9.17) is 4.74 Å². The van der Waals surface area contributed by atoms with Crippen LogP contribution in [0.1, 0.15) is 24.8 Å². The second-order valence-electron chi connectivity index (χ2n) is 6.91. The van der Waals surface area contributed by atoms with Crippen LogP contribution in [0.15, 0.2) is 24.3 Å². The van der Waals surface area contributed by atoms with Crippen LogP contribution in [0, 0.1) is 11.8 Å². The molecular formula is C18H20F3NO4. The Balaban J connectivity index is 1.67. The maximum atomic E-state index is 12.6. The number of rotatable bonds is 5. The Labute approximate surface area is 148 Å². The van der Waals surface area contributed by atoms with Gasteiger partial charge < -0.3 is 14.7 Å². The number of fused-ring (bicyclic) bond motifs is 1. The second kappa shape index (κ2) is 7.17. The molecule has 2 aliphatic rings. The molecule has 0 aromatic heterocycles. The summed E-state index contributed by atoms with van der Waals surface area (Å²) >= 11 is 0. The number of halogens is 3. The molecular weight excluding hydrogens is 351 g/mol.